The number of sulfonamides is 1. The number of carbonyl (C=O) groups excluding carboxylic acids is 2. The number of nitrogens with zero attached hydrogens (tertiary/aromatic N) is 2. The molecule has 0 radical (unpaired) electrons. The Morgan fingerprint density at radius 1 is 0.952 bits per heavy atom. The third-order valence-electron chi connectivity index (χ3n) is 6.63. The molecule has 3 aromatic rings. The topological polar surface area (TPSA) is 105 Å². The Morgan fingerprint density at radius 3 is 2.21 bits per heavy atom. The summed E-state index contributed by atoms with van der Waals surface area (Å²) in [5.74, 6) is -0.124. The first kappa shape index (κ1) is 32.8. The van der Waals surface area contributed by atoms with Gasteiger partial charge in [0, 0.05) is 24.2 Å². The van der Waals surface area contributed by atoms with E-state index in [1.54, 1.807) is 61.5 Å². The second kappa shape index (κ2) is 14.9. The summed E-state index contributed by atoms with van der Waals surface area (Å²) in [6.07, 6.45) is 0.300. The van der Waals surface area contributed by atoms with Crippen molar-refractivity contribution in [2.75, 3.05) is 31.6 Å². The van der Waals surface area contributed by atoms with Crippen LogP contribution in [0.4, 0.5) is 5.69 Å². The third-order valence-corrected chi connectivity index (χ3v) is 8.78. The summed E-state index contributed by atoms with van der Waals surface area (Å²) >= 11 is 6.46. The summed E-state index contributed by atoms with van der Waals surface area (Å²) in [6.45, 7) is 5.57. The lowest BCUT2D eigenvalue weighted by Crippen LogP contribution is -2.52. The normalized spacial score (nSPS) is 12.0. The molecule has 0 spiro atoms. The monoisotopic (exact) mass is 615 g/mol. The Kier molecular flexibility index (Phi) is 11.6. The van der Waals surface area contributed by atoms with E-state index < -0.39 is 28.5 Å². The van der Waals surface area contributed by atoms with Crippen LogP contribution < -0.4 is 19.1 Å². The fourth-order valence-corrected chi connectivity index (χ4v) is 6.01. The first-order chi connectivity index (χ1) is 20.0. The molecule has 11 heteroatoms. The summed E-state index contributed by atoms with van der Waals surface area (Å²) in [5.41, 5.74) is 0.739. The molecule has 0 aliphatic heterocycles. The van der Waals surface area contributed by atoms with E-state index in [9.17, 15) is 18.0 Å². The van der Waals surface area contributed by atoms with E-state index in [-0.39, 0.29) is 34.7 Å². The van der Waals surface area contributed by atoms with Crippen LogP contribution in [-0.2, 0) is 26.2 Å². The SMILES string of the molecule is CCC(C(=O)NCC(C)C)N(Cc1ccccc1Cl)C(=O)CN(c1cc(OC)ccc1OC)S(=O)(=O)c1ccccc1. The van der Waals surface area contributed by atoms with E-state index >= 15 is 0 Å². The Bertz CT molecular complexity index is 1470. The molecule has 3 aromatic carbocycles. The molecule has 3 rings (SSSR count). The van der Waals surface area contributed by atoms with Crippen LogP contribution in [0.3, 0.4) is 0 Å². The van der Waals surface area contributed by atoms with Gasteiger partial charge in [0.15, 0.2) is 0 Å². The van der Waals surface area contributed by atoms with E-state index in [2.05, 4.69) is 5.32 Å². The zero-order valence-electron chi connectivity index (χ0n) is 24.5. The molecule has 0 fully saturated rings. The predicted molar refractivity (Wildman–Crippen MR) is 164 cm³/mol. The average Bonchev–Trinajstić information content (AvgIpc) is 2.99. The van der Waals surface area contributed by atoms with Crippen LogP contribution in [0.1, 0.15) is 32.8 Å². The Morgan fingerprint density at radius 2 is 1.62 bits per heavy atom. The smallest absolute Gasteiger partial charge is 0.264 e. The molecular formula is C31H38ClN3O6S. The van der Waals surface area contributed by atoms with Gasteiger partial charge in [-0.25, -0.2) is 8.42 Å². The second-order valence-electron chi connectivity index (χ2n) is 10.0. The molecule has 42 heavy (non-hydrogen) atoms. The number of hydrogen-bond donors (Lipinski definition) is 1. The number of methoxy groups -OCH3 is 2. The highest BCUT2D eigenvalue weighted by Crippen LogP contribution is 2.36. The molecular weight excluding hydrogens is 578 g/mol. The number of anilines is 1. The van der Waals surface area contributed by atoms with E-state index in [1.165, 1.54) is 37.3 Å². The number of rotatable bonds is 14. The van der Waals surface area contributed by atoms with Gasteiger partial charge in [-0.2, -0.15) is 0 Å². The maximum Gasteiger partial charge on any atom is 0.264 e. The highest BCUT2D eigenvalue weighted by atomic mass is 35.5. The van der Waals surface area contributed by atoms with Crippen LogP contribution >= 0.6 is 11.6 Å². The Labute approximate surface area is 253 Å². The fraction of sp³-hybridized carbons (Fsp3) is 0.355. The number of amides is 2. The van der Waals surface area contributed by atoms with Gasteiger partial charge in [0.2, 0.25) is 11.8 Å². The number of carbonyl (C=O) groups is 2. The van der Waals surface area contributed by atoms with Crippen LogP contribution in [0.2, 0.25) is 5.02 Å². The summed E-state index contributed by atoms with van der Waals surface area (Å²) in [5, 5.41) is 3.34. The Hall–Kier alpha value is -3.76. The molecule has 0 bridgehead atoms. The van der Waals surface area contributed by atoms with Crippen molar-refractivity contribution in [2.24, 2.45) is 5.92 Å². The van der Waals surface area contributed by atoms with Crippen LogP contribution in [0.25, 0.3) is 0 Å². The number of halogens is 1. The molecule has 1 atom stereocenters. The van der Waals surface area contributed by atoms with Crippen molar-refractivity contribution in [1.82, 2.24) is 10.2 Å². The number of benzene rings is 3. The van der Waals surface area contributed by atoms with Crippen LogP contribution in [-0.4, -0.2) is 58.5 Å². The van der Waals surface area contributed by atoms with Crippen molar-refractivity contribution in [3.63, 3.8) is 0 Å². The zero-order chi connectivity index (χ0) is 30.9. The van der Waals surface area contributed by atoms with Gasteiger partial charge in [-0.05, 0) is 48.2 Å². The molecule has 0 saturated heterocycles. The molecule has 0 heterocycles. The molecule has 9 nitrogen and oxygen atoms in total. The standard InChI is InChI=1S/C31H38ClN3O6S/c1-6-27(31(37)33-19-22(2)3)34(20-23-12-10-11-15-26(23)32)30(36)21-35(42(38,39)25-13-8-7-9-14-25)28-18-24(40-4)16-17-29(28)41-5/h7-18,22,27H,6,19-21H2,1-5H3,(H,33,37). The van der Waals surface area contributed by atoms with Crippen LogP contribution in [0.5, 0.6) is 11.5 Å². The summed E-state index contributed by atoms with van der Waals surface area (Å²) in [4.78, 5) is 29.0. The fourth-order valence-electron chi connectivity index (χ4n) is 4.38. The minimum Gasteiger partial charge on any atom is -0.497 e. The van der Waals surface area contributed by atoms with Crippen molar-refractivity contribution >= 4 is 39.1 Å². The van der Waals surface area contributed by atoms with Crippen molar-refractivity contribution < 1.29 is 27.5 Å². The van der Waals surface area contributed by atoms with E-state index in [4.69, 9.17) is 21.1 Å². The largest absolute Gasteiger partial charge is 0.497 e. The number of hydrogen-bond acceptors (Lipinski definition) is 6. The lowest BCUT2D eigenvalue weighted by atomic mass is 10.1. The van der Waals surface area contributed by atoms with Gasteiger partial charge >= 0.3 is 0 Å². The van der Waals surface area contributed by atoms with Gasteiger partial charge in [-0.3, -0.25) is 13.9 Å². The molecule has 0 aliphatic carbocycles. The first-order valence-corrected chi connectivity index (χ1v) is 15.5. The molecule has 226 valence electrons. The maximum atomic E-state index is 14.2. The van der Waals surface area contributed by atoms with Crippen molar-refractivity contribution in [1.29, 1.82) is 0 Å². The maximum absolute atomic E-state index is 14.2. The first-order valence-electron chi connectivity index (χ1n) is 13.6. The van der Waals surface area contributed by atoms with Crippen molar-refractivity contribution in [2.45, 2.75) is 44.7 Å². The molecule has 0 aromatic heterocycles. The van der Waals surface area contributed by atoms with Gasteiger partial charge < -0.3 is 19.7 Å². The van der Waals surface area contributed by atoms with Gasteiger partial charge in [-0.15, -0.1) is 0 Å². The summed E-state index contributed by atoms with van der Waals surface area (Å²) in [6, 6.07) is 18.7. The number of nitrogens with one attached hydrogen (secondary N) is 1. The third kappa shape index (κ3) is 7.95. The summed E-state index contributed by atoms with van der Waals surface area (Å²) < 4.78 is 40.0. The molecule has 1 unspecified atom stereocenters. The van der Waals surface area contributed by atoms with Gasteiger partial charge in [-0.1, -0.05) is 68.8 Å². The lowest BCUT2D eigenvalue weighted by molar-refractivity contribution is -0.140. The van der Waals surface area contributed by atoms with E-state index in [1.807, 2.05) is 13.8 Å². The van der Waals surface area contributed by atoms with E-state index in [0.29, 0.717) is 29.3 Å². The highest BCUT2D eigenvalue weighted by molar-refractivity contribution is 7.92. The lowest BCUT2D eigenvalue weighted by Gasteiger charge is -2.33. The van der Waals surface area contributed by atoms with Crippen LogP contribution in [0.15, 0.2) is 77.7 Å². The molecule has 2 amide bonds. The average molecular weight is 616 g/mol. The van der Waals surface area contributed by atoms with Gasteiger partial charge in [0.25, 0.3) is 10.0 Å². The molecule has 0 aliphatic rings. The number of ether oxygens (including phenoxy) is 2. The van der Waals surface area contributed by atoms with Crippen LogP contribution in [0, 0.1) is 5.92 Å². The van der Waals surface area contributed by atoms with Gasteiger partial charge in [0.1, 0.15) is 24.1 Å². The van der Waals surface area contributed by atoms with Crippen molar-refractivity contribution in [3.8, 4) is 11.5 Å². The predicted octanol–water partition coefficient (Wildman–Crippen LogP) is 5.13. The van der Waals surface area contributed by atoms with Gasteiger partial charge in [0.05, 0.1) is 24.8 Å². The minimum absolute atomic E-state index is 0.000578. The quantitative estimate of drug-likeness (QED) is 0.270. The minimum atomic E-state index is -4.27. The summed E-state index contributed by atoms with van der Waals surface area (Å²) in [7, 11) is -1.40. The zero-order valence-corrected chi connectivity index (χ0v) is 26.1. The second-order valence-corrected chi connectivity index (χ2v) is 12.3. The highest BCUT2D eigenvalue weighted by Gasteiger charge is 2.35. The van der Waals surface area contributed by atoms with Crippen molar-refractivity contribution in [3.05, 3.63) is 83.4 Å². The Balaban J connectivity index is 2.13. The van der Waals surface area contributed by atoms with E-state index in [0.717, 1.165) is 4.31 Å². The molecule has 1 N–H and O–H groups in total. The molecule has 0 saturated carbocycles.